The molecule has 0 atom stereocenters. The summed E-state index contributed by atoms with van der Waals surface area (Å²) in [5.74, 6) is 0. The molecule has 0 bridgehead atoms. The Hall–Kier alpha value is -1.13. The van der Waals surface area contributed by atoms with Gasteiger partial charge in [0.15, 0.2) is 18.2 Å². The van der Waals surface area contributed by atoms with Gasteiger partial charge < -0.3 is 14.7 Å². The fraction of sp³-hybridized carbons (Fsp3) is 0.444. The second kappa shape index (κ2) is 4.20. The molecule has 0 spiro atoms. The van der Waals surface area contributed by atoms with Crippen LogP contribution in [0.1, 0.15) is 17.5 Å². The number of rotatable bonds is 3. The second-order valence-corrected chi connectivity index (χ2v) is 2.68. The van der Waals surface area contributed by atoms with Gasteiger partial charge in [-0.1, -0.05) is 0 Å². The molecule has 0 radical (unpaired) electrons. The molecule has 1 rings (SSSR count). The number of nitrogens with zero attached hydrogens (tertiary/aromatic N) is 1. The lowest BCUT2D eigenvalue weighted by Gasteiger charge is -2.14. The fourth-order valence-electron chi connectivity index (χ4n) is 1.18. The van der Waals surface area contributed by atoms with Gasteiger partial charge in [-0.05, 0) is 6.07 Å². The normalized spacial score (nSPS) is 10.8. The minimum Gasteiger partial charge on any atom is -0.618 e. The van der Waals surface area contributed by atoms with Crippen molar-refractivity contribution in [2.75, 3.05) is 14.2 Å². The van der Waals surface area contributed by atoms with Crippen LogP contribution < -0.4 is 4.73 Å². The van der Waals surface area contributed by atoms with Gasteiger partial charge in [0.1, 0.15) is 0 Å². The molecule has 0 amide bonds. The Morgan fingerprint density at radius 3 is 2.54 bits per heavy atom. The van der Waals surface area contributed by atoms with Gasteiger partial charge >= 0.3 is 0 Å². The molecular weight excluding hydrogens is 170 g/mol. The maximum Gasteiger partial charge on any atom is 0.197 e. The second-order valence-electron chi connectivity index (χ2n) is 2.68. The lowest BCUT2D eigenvalue weighted by molar-refractivity contribution is -0.613. The number of pyridine rings is 1. The molecule has 0 saturated carbocycles. The van der Waals surface area contributed by atoms with E-state index < -0.39 is 6.29 Å². The molecule has 4 nitrogen and oxygen atoms in total. The number of aromatic nitrogens is 1. The third-order valence-corrected chi connectivity index (χ3v) is 1.93. The van der Waals surface area contributed by atoms with Crippen LogP contribution in [0.25, 0.3) is 0 Å². The lowest BCUT2D eigenvalue weighted by Crippen LogP contribution is -2.31. The molecule has 13 heavy (non-hydrogen) atoms. The zero-order valence-corrected chi connectivity index (χ0v) is 7.98. The van der Waals surface area contributed by atoms with E-state index in [9.17, 15) is 5.21 Å². The SMILES string of the molecule is COC(OC)c1ccc[n+]([O-])c1C. The summed E-state index contributed by atoms with van der Waals surface area (Å²) in [6, 6.07) is 3.47. The first-order valence-electron chi connectivity index (χ1n) is 3.95. The molecule has 1 aromatic rings. The molecule has 0 aliphatic heterocycles. The number of hydrogen-bond donors (Lipinski definition) is 0. The van der Waals surface area contributed by atoms with Gasteiger partial charge in [-0.25, -0.2) is 0 Å². The maximum absolute atomic E-state index is 11.2. The van der Waals surface area contributed by atoms with Crippen molar-refractivity contribution in [3.8, 4) is 0 Å². The van der Waals surface area contributed by atoms with Crippen LogP contribution in [0.4, 0.5) is 0 Å². The first kappa shape index (κ1) is 9.95. The summed E-state index contributed by atoms with van der Waals surface area (Å²) in [7, 11) is 3.07. The van der Waals surface area contributed by atoms with Crippen LogP contribution in [0.3, 0.4) is 0 Å². The van der Waals surface area contributed by atoms with E-state index >= 15 is 0 Å². The van der Waals surface area contributed by atoms with Crippen LogP contribution in [0.2, 0.25) is 0 Å². The number of methoxy groups -OCH3 is 2. The fourth-order valence-corrected chi connectivity index (χ4v) is 1.18. The number of hydrogen-bond acceptors (Lipinski definition) is 3. The van der Waals surface area contributed by atoms with Gasteiger partial charge in [-0.15, -0.1) is 0 Å². The van der Waals surface area contributed by atoms with Crippen LogP contribution >= 0.6 is 0 Å². The van der Waals surface area contributed by atoms with Crippen LogP contribution in [0, 0.1) is 12.1 Å². The summed E-state index contributed by atoms with van der Waals surface area (Å²) in [4.78, 5) is 0. The van der Waals surface area contributed by atoms with E-state index in [0.29, 0.717) is 5.69 Å². The van der Waals surface area contributed by atoms with E-state index in [1.807, 2.05) is 0 Å². The Kier molecular flexibility index (Phi) is 3.22. The molecule has 0 saturated heterocycles. The van der Waals surface area contributed by atoms with Gasteiger partial charge in [0, 0.05) is 27.2 Å². The van der Waals surface area contributed by atoms with Crippen molar-refractivity contribution < 1.29 is 14.2 Å². The highest BCUT2D eigenvalue weighted by molar-refractivity contribution is 5.15. The molecule has 0 N–H and O–H groups in total. The monoisotopic (exact) mass is 183 g/mol. The summed E-state index contributed by atoms with van der Waals surface area (Å²) in [6.45, 7) is 1.73. The van der Waals surface area contributed by atoms with Crippen LogP contribution in [-0.2, 0) is 9.47 Å². The standard InChI is InChI=1S/C9H13NO3/c1-7-8(9(12-2)13-3)5-4-6-10(7)11/h4-6,9H,1-3H3. The largest absolute Gasteiger partial charge is 0.618 e. The molecular formula is C9H13NO3. The molecule has 1 aromatic heterocycles. The van der Waals surface area contributed by atoms with Gasteiger partial charge in [-0.3, -0.25) is 0 Å². The van der Waals surface area contributed by atoms with E-state index in [2.05, 4.69) is 0 Å². The smallest absolute Gasteiger partial charge is 0.197 e. The summed E-state index contributed by atoms with van der Waals surface area (Å²) in [6.07, 6.45) is 0.975. The molecule has 0 aliphatic rings. The number of ether oxygens (including phenoxy) is 2. The summed E-state index contributed by atoms with van der Waals surface area (Å²) in [5, 5.41) is 11.2. The molecule has 0 fully saturated rings. The third kappa shape index (κ3) is 1.96. The van der Waals surface area contributed by atoms with Gasteiger partial charge in [0.25, 0.3) is 0 Å². The van der Waals surface area contributed by atoms with E-state index in [1.54, 1.807) is 19.1 Å². The Bertz CT molecular complexity index is 284. The van der Waals surface area contributed by atoms with Crippen LogP contribution in [0.15, 0.2) is 18.3 Å². The van der Waals surface area contributed by atoms with Crippen molar-refractivity contribution >= 4 is 0 Å². The van der Waals surface area contributed by atoms with E-state index in [4.69, 9.17) is 9.47 Å². The predicted molar refractivity (Wildman–Crippen MR) is 46.9 cm³/mol. The van der Waals surface area contributed by atoms with Crippen molar-refractivity contribution in [2.24, 2.45) is 0 Å². The maximum atomic E-state index is 11.2. The minimum absolute atomic E-state index is 0.471. The molecule has 72 valence electrons. The summed E-state index contributed by atoms with van der Waals surface area (Å²) in [5.41, 5.74) is 1.35. The minimum atomic E-state index is -0.471. The first-order chi connectivity index (χ1) is 6.20. The molecule has 0 aliphatic carbocycles. The summed E-state index contributed by atoms with van der Waals surface area (Å²) >= 11 is 0. The molecule has 0 aromatic carbocycles. The van der Waals surface area contributed by atoms with Gasteiger partial charge in [0.05, 0.1) is 5.56 Å². The Morgan fingerprint density at radius 1 is 1.38 bits per heavy atom. The third-order valence-electron chi connectivity index (χ3n) is 1.93. The van der Waals surface area contributed by atoms with Gasteiger partial charge in [-0.2, -0.15) is 4.73 Å². The average molecular weight is 183 g/mol. The van der Waals surface area contributed by atoms with E-state index in [0.717, 1.165) is 10.3 Å². The highest BCUT2D eigenvalue weighted by atomic mass is 16.7. The Labute approximate surface area is 77.3 Å². The zero-order chi connectivity index (χ0) is 9.84. The predicted octanol–water partition coefficient (Wildman–Crippen LogP) is 0.920. The quantitative estimate of drug-likeness (QED) is 0.397. The molecule has 4 heteroatoms. The Balaban J connectivity index is 3.05. The van der Waals surface area contributed by atoms with Crippen molar-refractivity contribution in [2.45, 2.75) is 13.2 Å². The van der Waals surface area contributed by atoms with E-state index in [1.165, 1.54) is 20.4 Å². The van der Waals surface area contributed by atoms with E-state index in [-0.39, 0.29) is 0 Å². The lowest BCUT2D eigenvalue weighted by atomic mass is 10.2. The zero-order valence-electron chi connectivity index (χ0n) is 7.98. The van der Waals surface area contributed by atoms with Crippen LogP contribution in [-0.4, -0.2) is 14.2 Å². The average Bonchev–Trinajstić information content (AvgIpc) is 2.14. The molecule has 1 heterocycles. The van der Waals surface area contributed by atoms with Crippen molar-refractivity contribution in [3.05, 3.63) is 34.8 Å². The highest BCUT2D eigenvalue weighted by Gasteiger charge is 2.16. The Morgan fingerprint density at radius 2 is 2.00 bits per heavy atom. The van der Waals surface area contributed by atoms with Crippen molar-refractivity contribution in [1.82, 2.24) is 0 Å². The van der Waals surface area contributed by atoms with Gasteiger partial charge in [0.2, 0.25) is 0 Å². The summed E-state index contributed by atoms with van der Waals surface area (Å²) < 4.78 is 10.9. The highest BCUT2D eigenvalue weighted by Crippen LogP contribution is 2.17. The van der Waals surface area contributed by atoms with Crippen molar-refractivity contribution in [3.63, 3.8) is 0 Å². The first-order valence-corrected chi connectivity index (χ1v) is 3.95. The van der Waals surface area contributed by atoms with Crippen LogP contribution in [0.5, 0.6) is 0 Å². The molecule has 0 unspecified atom stereocenters. The van der Waals surface area contributed by atoms with Crippen molar-refractivity contribution in [1.29, 1.82) is 0 Å². The topological polar surface area (TPSA) is 45.4 Å².